The van der Waals surface area contributed by atoms with Crippen LogP contribution in [0.5, 0.6) is 0 Å². The second kappa shape index (κ2) is 5.42. The predicted molar refractivity (Wildman–Crippen MR) is 87.6 cm³/mol. The summed E-state index contributed by atoms with van der Waals surface area (Å²) in [5.41, 5.74) is 2.95. The number of rotatable bonds is 1. The van der Waals surface area contributed by atoms with E-state index in [9.17, 15) is 0 Å². The number of hydrogen-bond donors (Lipinski definition) is 1. The molecule has 1 aromatic heterocycles. The van der Waals surface area contributed by atoms with E-state index in [1.807, 2.05) is 0 Å². The van der Waals surface area contributed by atoms with Gasteiger partial charge in [-0.05, 0) is 31.1 Å². The van der Waals surface area contributed by atoms with Crippen molar-refractivity contribution in [3.05, 3.63) is 17.2 Å². The molecular formula is C18H31N3. The summed E-state index contributed by atoms with van der Waals surface area (Å²) in [5, 5.41) is 3.48. The highest BCUT2D eigenvalue weighted by molar-refractivity contribution is 5.25. The van der Waals surface area contributed by atoms with Crippen LogP contribution in [-0.2, 0) is 18.4 Å². The van der Waals surface area contributed by atoms with Crippen molar-refractivity contribution in [1.82, 2.24) is 14.9 Å². The van der Waals surface area contributed by atoms with Gasteiger partial charge in [-0.3, -0.25) is 0 Å². The van der Waals surface area contributed by atoms with Crippen LogP contribution in [0.15, 0.2) is 0 Å². The molecule has 118 valence electrons. The Balaban J connectivity index is 2.05. The van der Waals surface area contributed by atoms with Crippen LogP contribution in [0.3, 0.4) is 0 Å². The third-order valence-electron chi connectivity index (χ3n) is 5.31. The van der Waals surface area contributed by atoms with Crippen LogP contribution in [0.25, 0.3) is 0 Å². The van der Waals surface area contributed by atoms with Crippen LogP contribution in [0.1, 0.15) is 77.1 Å². The zero-order chi connectivity index (χ0) is 15.2. The fourth-order valence-electron chi connectivity index (χ4n) is 4.25. The standard InChI is InChI=1S/C18H31N3/c1-12-6-7-15(13(2)10-12)21-16-8-9-19-11-14(16)20-17(21)18(3,4)5/h12-13,15,19H,6-11H2,1-5H3. The molecule has 3 nitrogen and oxygen atoms in total. The van der Waals surface area contributed by atoms with Crippen molar-refractivity contribution in [2.45, 2.75) is 78.3 Å². The molecule has 2 aliphatic rings. The SMILES string of the molecule is CC1CCC(n2c(C(C)(C)C)nc3c2CCNC3)C(C)C1. The topological polar surface area (TPSA) is 29.9 Å². The fourth-order valence-corrected chi connectivity index (χ4v) is 4.25. The van der Waals surface area contributed by atoms with Crippen molar-refractivity contribution < 1.29 is 0 Å². The first-order valence-electron chi connectivity index (χ1n) is 8.69. The maximum Gasteiger partial charge on any atom is 0.114 e. The number of nitrogens with one attached hydrogen (secondary N) is 1. The number of hydrogen-bond acceptors (Lipinski definition) is 2. The van der Waals surface area contributed by atoms with Crippen molar-refractivity contribution in [3.8, 4) is 0 Å². The highest BCUT2D eigenvalue weighted by atomic mass is 15.2. The van der Waals surface area contributed by atoms with Crippen LogP contribution >= 0.6 is 0 Å². The van der Waals surface area contributed by atoms with Gasteiger partial charge < -0.3 is 9.88 Å². The molecule has 2 heterocycles. The monoisotopic (exact) mass is 289 g/mol. The Labute approximate surface area is 129 Å². The minimum Gasteiger partial charge on any atom is -0.328 e. The lowest BCUT2D eigenvalue weighted by Crippen LogP contribution is -2.32. The summed E-state index contributed by atoms with van der Waals surface area (Å²) in [6.45, 7) is 13.8. The predicted octanol–water partition coefficient (Wildman–Crippen LogP) is 3.82. The van der Waals surface area contributed by atoms with Crippen molar-refractivity contribution in [2.75, 3.05) is 6.54 Å². The molecule has 1 saturated carbocycles. The molecule has 0 amide bonds. The maximum atomic E-state index is 5.05. The van der Waals surface area contributed by atoms with E-state index in [4.69, 9.17) is 4.98 Å². The van der Waals surface area contributed by atoms with E-state index in [2.05, 4.69) is 44.5 Å². The Hall–Kier alpha value is -0.830. The van der Waals surface area contributed by atoms with Gasteiger partial charge in [0.15, 0.2) is 0 Å². The lowest BCUT2D eigenvalue weighted by Gasteiger charge is -2.37. The Morgan fingerprint density at radius 2 is 1.95 bits per heavy atom. The molecule has 0 bridgehead atoms. The van der Waals surface area contributed by atoms with Gasteiger partial charge in [0, 0.05) is 36.7 Å². The van der Waals surface area contributed by atoms with Gasteiger partial charge in [0.05, 0.1) is 5.69 Å². The van der Waals surface area contributed by atoms with Crippen LogP contribution in [0.4, 0.5) is 0 Å². The molecule has 21 heavy (non-hydrogen) atoms. The van der Waals surface area contributed by atoms with Crippen LogP contribution in [0.2, 0.25) is 0 Å². The molecule has 3 unspecified atom stereocenters. The Bertz CT molecular complexity index is 509. The molecule has 0 spiro atoms. The largest absolute Gasteiger partial charge is 0.328 e. The summed E-state index contributed by atoms with van der Waals surface area (Å²) < 4.78 is 2.66. The molecule has 3 rings (SSSR count). The smallest absolute Gasteiger partial charge is 0.114 e. The second-order valence-electron chi connectivity index (χ2n) is 8.34. The van der Waals surface area contributed by atoms with E-state index < -0.39 is 0 Å². The van der Waals surface area contributed by atoms with E-state index >= 15 is 0 Å². The van der Waals surface area contributed by atoms with Crippen LogP contribution < -0.4 is 5.32 Å². The molecule has 1 aliphatic heterocycles. The Kier molecular flexibility index (Phi) is 3.89. The average molecular weight is 289 g/mol. The van der Waals surface area contributed by atoms with Crippen molar-refractivity contribution in [2.24, 2.45) is 11.8 Å². The van der Waals surface area contributed by atoms with Crippen molar-refractivity contribution in [3.63, 3.8) is 0 Å². The van der Waals surface area contributed by atoms with Gasteiger partial charge in [-0.1, -0.05) is 34.6 Å². The van der Waals surface area contributed by atoms with E-state index in [1.54, 1.807) is 0 Å². The quantitative estimate of drug-likeness (QED) is 0.851. The molecule has 1 aromatic rings. The summed E-state index contributed by atoms with van der Waals surface area (Å²) in [4.78, 5) is 5.05. The minimum atomic E-state index is 0.125. The van der Waals surface area contributed by atoms with Gasteiger partial charge in [-0.2, -0.15) is 0 Å². The molecule has 1 N–H and O–H groups in total. The third kappa shape index (κ3) is 2.77. The Morgan fingerprint density at radius 3 is 2.62 bits per heavy atom. The molecule has 1 aliphatic carbocycles. The maximum absolute atomic E-state index is 5.05. The number of aromatic nitrogens is 2. The van der Waals surface area contributed by atoms with E-state index in [0.717, 1.165) is 31.3 Å². The first kappa shape index (κ1) is 15.1. The average Bonchev–Trinajstić information content (AvgIpc) is 2.78. The van der Waals surface area contributed by atoms with E-state index in [1.165, 1.54) is 36.5 Å². The van der Waals surface area contributed by atoms with Crippen LogP contribution in [0, 0.1) is 11.8 Å². The summed E-state index contributed by atoms with van der Waals surface area (Å²) in [7, 11) is 0. The van der Waals surface area contributed by atoms with E-state index in [-0.39, 0.29) is 5.41 Å². The van der Waals surface area contributed by atoms with Gasteiger partial charge >= 0.3 is 0 Å². The molecule has 0 saturated heterocycles. The molecule has 1 fully saturated rings. The summed E-state index contributed by atoms with van der Waals surface area (Å²) in [5.74, 6) is 2.96. The molecule has 0 radical (unpaired) electrons. The molecule has 3 heteroatoms. The van der Waals surface area contributed by atoms with Gasteiger partial charge in [0.25, 0.3) is 0 Å². The Morgan fingerprint density at radius 1 is 1.19 bits per heavy atom. The first-order valence-corrected chi connectivity index (χ1v) is 8.69. The van der Waals surface area contributed by atoms with Crippen molar-refractivity contribution >= 4 is 0 Å². The summed E-state index contributed by atoms with van der Waals surface area (Å²) >= 11 is 0. The van der Waals surface area contributed by atoms with Gasteiger partial charge in [-0.15, -0.1) is 0 Å². The number of imidazole rings is 1. The minimum absolute atomic E-state index is 0.125. The molecule has 3 atom stereocenters. The molecule has 0 aromatic carbocycles. The van der Waals surface area contributed by atoms with Gasteiger partial charge in [-0.25, -0.2) is 4.98 Å². The van der Waals surface area contributed by atoms with Gasteiger partial charge in [0.2, 0.25) is 0 Å². The summed E-state index contributed by atoms with van der Waals surface area (Å²) in [6, 6.07) is 0.657. The molecular weight excluding hydrogens is 258 g/mol. The zero-order valence-electron chi connectivity index (χ0n) is 14.4. The van der Waals surface area contributed by atoms with E-state index in [0.29, 0.717) is 6.04 Å². The second-order valence-corrected chi connectivity index (χ2v) is 8.34. The fraction of sp³-hybridized carbons (Fsp3) is 0.833. The first-order chi connectivity index (χ1) is 9.88. The normalized spacial score (nSPS) is 30.2. The lowest BCUT2D eigenvalue weighted by atomic mass is 9.79. The third-order valence-corrected chi connectivity index (χ3v) is 5.31. The highest BCUT2D eigenvalue weighted by Crippen LogP contribution is 2.40. The zero-order valence-corrected chi connectivity index (χ0v) is 14.4. The lowest BCUT2D eigenvalue weighted by molar-refractivity contribution is 0.196. The van der Waals surface area contributed by atoms with Crippen LogP contribution in [-0.4, -0.2) is 16.1 Å². The summed E-state index contributed by atoms with van der Waals surface area (Å²) in [6.07, 6.45) is 5.18. The van der Waals surface area contributed by atoms with Gasteiger partial charge in [0.1, 0.15) is 5.82 Å². The highest BCUT2D eigenvalue weighted by Gasteiger charge is 2.34. The van der Waals surface area contributed by atoms with Crippen molar-refractivity contribution in [1.29, 1.82) is 0 Å². The number of fused-ring (bicyclic) bond motifs is 1. The number of nitrogens with zero attached hydrogens (tertiary/aromatic N) is 2.